The average molecular weight is 165 g/mol. The van der Waals surface area contributed by atoms with Crippen molar-refractivity contribution >= 4 is 0 Å². The fourth-order valence-corrected chi connectivity index (χ4v) is 0.779. The van der Waals surface area contributed by atoms with E-state index in [9.17, 15) is 0 Å². The van der Waals surface area contributed by atoms with Gasteiger partial charge in [-0.25, -0.2) is 0 Å². The van der Waals surface area contributed by atoms with E-state index in [4.69, 9.17) is 5.26 Å². The Morgan fingerprint density at radius 3 is 2.58 bits per heavy atom. The summed E-state index contributed by atoms with van der Waals surface area (Å²) in [6.07, 6.45) is 0. The topological polar surface area (TPSA) is 67.4 Å². The second-order valence-electron chi connectivity index (χ2n) is 3.82. The van der Waals surface area contributed by atoms with Gasteiger partial charge in [-0.15, -0.1) is 5.10 Å². The van der Waals surface area contributed by atoms with E-state index >= 15 is 0 Å². The second-order valence-corrected chi connectivity index (χ2v) is 3.82. The zero-order valence-corrected chi connectivity index (χ0v) is 7.44. The minimum absolute atomic E-state index is 0.105. The lowest BCUT2D eigenvalue weighted by atomic mass is 9.97. The summed E-state index contributed by atoms with van der Waals surface area (Å²) >= 11 is 0. The van der Waals surface area contributed by atoms with Crippen LogP contribution in [0.15, 0.2) is 0 Å². The van der Waals surface area contributed by atoms with Crippen molar-refractivity contribution in [3.8, 4) is 6.07 Å². The maximum Gasteiger partial charge on any atom is 0.273 e. The Morgan fingerprint density at radius 1 is 1.50 bits per heavy atom. The van der Waals surface area contributed by atoms with E-state index in [0.717, 1.165) is 0 Å². The van der Waals surface area contributed by atoms with Crippen LogP contribution >= 0.6 is 0 Å². The molecule has 1 aromatic heterocycles. The number of nitriles is 1. The Morgan fingerprint density at radius 2 is 2.17 bits per heavy atom. The molecular formula is C7H11N5. The van der Waals surface area contributed by atoms with Gasteiger partial charge in [-0.3, -0.25) is 0 Å². The number of hydrogen-bond donors (Lipinski definition) is 0. The lowest BCUT2D eigenvalue weighted by Crippen LogP contribution is -2.17. The van der Waals surface area contributed by atoms with Crippen molar-refractivity contribution in [2.45, 2.75) is 27.3 Å². The first-order valence-electron chi connectivity index (χ1n) is 3.69. The molecule has 0 bridgehead atoms. The molecule has 1 aromatic rings. The summed E-state index contributed by atoms with van der Waals surface area (Å²) in [5, 5.41) is 19.5. The molecule has 0 spiro atoms. The quantitative estimate of drug-likeness (QED) is 0.610. The van der Waals surface area contributed by atoms with E-state index in [-0.39, 0.29) is 11.2 Å². The molecule has 12 heavy (non-hydrogen) atoms. The van der Waals surface area contributed by atoms with Gasteiger partial charge >= 0.3 is 0 Å². The Labute approximate surface area is 71.0 Å². The fourth-order valence-electron chi connectivity index (χ4n) is 0.779. The maximum absolute atomic E-state index is 8.42. The third kappa shape index (κ3) is 2.31. The normalized spacial score (nSPS) is 11.2. The SMILES string of the molecule is CC(C)(C)Cn1nnc(C#N)n1. The first-order chi connectivity index (χ1) is 5.51. The van der Waals surface area contributed by atoms with Crippen LogP contribution in [-0.4, -0.2) is 20.2 Å². The van der Waals surface area contributed by atoms with Gasteiger partial charge in [0.15, 0.2) is 0 Å². The van der Waals surface area contributed by atoms with Gasteiger partial charge in [0.2, 0.25) is 0 Å². The number of nitrogens with zero attached hydrogens (tertiary/aromatic N) is 5. The monoisotopic (exact) mass is 165 g/mol. The Kier molecular flexibility index (Phi) is 2.09. The standard InChI is InChI=1S/C7H11N5/c1-7(2,3)5-12-10-6(4-8)9-11-12/h5H2,1-3H3. The van der Waals surface area contributed by atoms with Crippen LogP contribution in [0.3, 0.4) is 0 Å². The molecule has 64 valence electrons. The van der Waals surface area contributed by atoms with Crippen molar-refractivity contribution in [3.63, 3.8) is 0 Å². The molecule has 0 fully saturated rings. The predicted octanol–water partition coefficient (Wildman–Crippen LogP) is 0.591. The molecule has 0 aromatic carbocycles. The van der Waals surface area contributed by atoms with Crippen LogP contribution in [0.4, 0.5) is 0 Å². The van der Waals surface area contributed by atoms with Gasteiger partial charge < -0.3 is 0 Å². The van der Waals surface area contributed by atoms with Crippen molar-refractivity contribution in [1.29, 1.82) is 5.26 Å². The summed E-state index contributed by atoms with van der Waals surface area (Å²) in [6.45, 7) is 6.88. The molecule has 1 heterocycles. The molecule has 0 atom stereocenters. The number of aromatic nitrogens is 4. The lowest BCUT2D eigenvalue weighted by Gasteiger charge is -2.15. The van der Waals surface area contributed by atoms with Crippen molar-refractivity contribution in [2.24, 2.45) is 5.41 Å². The third-order valence-corrected chi connectivity index (χ3v) is 1.17. The van der Waals surface area contributed by atoms with Gasteiger partial charge in [-0.1, -0.05) is 25.9 Å². The molecule has 0 radical (unpaired) electrons. The molecule has 0 saturated carbocycles. The summed E-state index contributed by atoms with van der Waals surface area (Å²) < 4.78 is 0. The van der Waals surface area contributed by atoms with Gasteiger partial charge in [-0.05, 0) is 10.6 Å². The van der Waals surface area contributed by atoms with Crippen LogP contribution in [0.2, 0.25) is 0 Å². The molecular weight excluding hydrogens is 154 g/mol. The zero-order valence-electron chi connectivity index (χ0n) is 7.44. The van der Waals surface area contributed by atoms with Gasteiger partial charge in [0.05, 0.1) is 6.54 Å². The largest absolute Gasteiger partial charge is 0.273 e. The van der Waals surface area contributed by atoms with Crippen molar-refractivity contribution < 1.29 is 0 Å². The molecule has 5 nitrogen and oxygen atoms in total. The molecule has 0 saturated heterocycles. The molecule has 0 aliphatic heterocycles. The summed E-state index contributed by atoms with van der Waals surface area (Å²) in [5.74, 6) is 0.124. The van der Waals surface area contributed by atoms with Crippen LogP contribution in [0.5, 0.6) is 0 Å². The minimum Gasteiger partial charge on any atom is -0.189 e. The van der Waals surface area contributed by atoms with Gasteiger partial charge in [0.1, 0.15) is 6.07 Å². The van der Waals surface area contributed by atoms with E-state index in [1.54, 1.807) is 0 Å². The molecule has 0 unspecified atom stereocenters. The van der Waals surface area contributed by atoms with Gasteiger partial charge in [-0.2, -0.15) is 10.1 Å². The maximum atomic E-state index is 8.42. The van der Waals surface area contributed by atoms with E-state index < -0.39 is 0 Å². The smallest absolute Gasteiger partial charge is 0.189 e. The van der Waals surface area contributed by atoms with E-state index in [1.165, 1.54) is 4.80 Å². The second kappa shape index (κ2) is 2.89. The van der Waals surface area contributed by atoms with Crippen molar-refractivity contribution in [3.05, 3.63) is 5.82 Å². The Hall–Kier alpha value is -1.44. The summed E-state index contributed by atoms with van der Waals surface area (Å²) in [7, 11) is 0. The molecule has 0 aliphatic carbocycles. The summed E-state index contributed by atoms with van der Waals surface area (Å²) in [5.41, 5.74) is 0.105. The molecule has 0 aliphatic rings. The Balaban J connectivity index is 2.72. The highest BCUT2D eigenvalue weighted by atomic mass is 15.6. The predicted molar refractivity (Wildman–Crippen MR) is 42.0 cm³/mol. The van der Waals surface area contributed by atoms with E-state index in [1.807, 2.05) is 6.07 Å². The fraction of sp³-hybridized carbons (Fsp3) is 0.714. The van der Waals surface area contributed by atoms with Crippen LogP contribution in [0, 0.1) is 16.7 Å². The van der Waals surface area contributed by atoms with Crippen molar-refractivity contribution in [2.75, 3.05) is 0 Å². The van der Waals surface area contributed by atoms with Crippen LogP contribution in [0.25, 0.3) is 0 Å². The average Bonchev–Trinajstić information content (AvgIpc) is 2.32. The molecule has 0 N–H and O–H groups in total. The third-order valence-electron chi connectivity index (χ3n) is 1.17. The van der Waals surface area contributed by atoms with Crippen LogP contribution in [0.1, 0.15) is 26.6 Å². The lowest BCUT2D eigenvalue weighted by molar-refractivity contribution is 0.299. The highest BCUT2D eigenvalue weighted by Gasteiger charge is 2.13. The first kappa shape index (κ1) is 8.65. The highest BCUT2D eigenvalue weighted by molar-refractivity contribution is 5.03. The molecule has 0 amide bonds. The summed E-state index contributed by atoms with van der Waals surface area (Å²) in [4.78, 5) is 1.44. The van der Waals surface area contributed by atoms with Crippen LogP contribution in [-0.2, 0) is 6.54 Å². The van der Waals surface area contributed by atoms with E-state index in [0.29, 0.717) is 6.54 Å². The van der Waals surface area contributed by atoms with Gasteiger partial charge in [0, 0.05) is 0 Å². The summed E-state index contributed by atoms with van der Waals surface area (Å²) in [6, 6.07) is 1.83. The highest BCUT2D eigenvalue weighted by Crippen LogP contribution is 2.14. The van der Waals surface area contributed by atoms with Gasteiger partial charge in [0.25, 0.3) is 5.82 Å². The number of tetrazole rings is 1. The van der Waals surface area contributed by atoms with E-state index in [2.05, 4.69) is 36.2 Å². The van der Waals surface area contributed by atoms with Crippen molar-refractivity contribution in [1.82, 2.24) is 20.2 Å². The first-order valence-corrected chi connectivity index (χ1v) is 3.69. The minimum atomic E-state index is 0.105. The molecule has 5 heteroatoms. The zero-order chi connectivity index (χ0) is 9.19. The number of rotatable bonds is 1. The molecule has 1 rings (SSSR count). The van der Waals surface area contributed by atoms with Crippen LogP contribution < -0.4 is 0 Å². The Bertz CT molecular complexity index is 300. The number of hydrogen-bond acceptors (Lipinski definition) is 4.